The number of para-hydroxylation sites is 2. The predicted octanol–water partition coefficient (Wildman–Crippen LogP) is 4.40. The summed E-state index contributed by atoms with van der Waals surface area (Å²) in [7, 11) is 2.08. The van der Waals surface area contributed by atoms with Crippen LogP contribution in [-0.2, 0) is 5.41 Å². The minimum Gasteiger partial charge on any atom is -0.397 e. The molecule has 7 rings (SSSR count). The zero-order valence-corrected chi connectivity index (χ0v) is 24.8. The molecular weight excluding hydrogens is 552 g/mol. The normalized spacial score (nSPS) is 16.2. The third-order valence-electron chi connectivity index (χ3n) is 8.82. The maximum absolute atomic E-state index is 13.3. The van der Waals surface area contributed by atoms with E-state index in [0.717, 1.165) is 60.0 Å². The summed E-state index contributed by atoms with van der Waals surface area (Å²) in [4.78, 5) is 44.9. The second-order valence-electron chi connectivity index (χ2n) is 11.8. The average Bonchev–Trinajstić information content (AvgIpc) is 3.79. The zero-order chi connectivity index (χ0) is 30.4. The third-order valence-corrected chi connectivity index (χ3v) is 8.82. The fraction of sp³-hybridized carbons (Fsp3) is 0.265. The van der Waals surface area contributed by atoms with E-state index in [0.29, 0.717) is 35.6 Å². The molecule has 10 heteroatoms. The summed E-state index contributed by atoms with van der Waals surface area (Å²) in [6, 6.07) is 20.5. The molecule has 2 aromatic carbocycles. The molecule has 2 amide bonds. The van der Waals surface area contributed by atoms with Crippen molar-refractivity contribution in [3.05, 3.63) is 107 Å². The molecule has 1 saturated carbocycles. The highest BCUT2D eigenvalue weighted by atomic mass is 16.2. The summed E-state index contributed by atoms with van der Waals surface area (Å²) in [5, 5.41) is 2.88. The van der Waals surface area contributed by atoms with E-state index >= 15 is 0 Å². The maximum Gasteiger partial charge on any atom is 0.255 e. The van der Waals surface area contributed by atoms with Gasteiger partial charge in [-0.25, -0.2) is 15.0 Å². The zero-order valence-electron chi connectivity index (χ0n) is 24.8. The number of hydrogen-bond donors (Lipinski definition) is 2. The van der Waals surface area contributed by atoms with Gasteiger partial charge in [0.15, 0.2) is 0 Å². The number of anilines is 2. The molecule has 3 aromatic heterocycles. The van der Waals surface area contributed by atoms with Crippen LogP contribution in [-0.4, -0.2) is 74.2 Å². The first-order valence-electron chi connectivity index (χ1n) is 14.9. The van der Waals surface area contributed by atoms with Gasteiger partial charge in [-0.3, -0.25) is 14.0 Å². The number of fused-ring (bicyclic) bond motifs is 1. The Balaban J connectivity index is 1.16. The van der Waals surface area contributed by atoms with Gasteiger partial charge in [-0.2, -0.15) is 0 Å². The number of hydrogen-bond acceptors (Lipinski definition) is 7. The van der Waals surface area contributed by atoms with Crippen molar-refractivity contribution in [2.24, 2.45) is 0 Å². The number of nitrogen functional groups attached to an aromatic ring is 1. The number of aryl methyl sites for hydroxylation is 1. The van der Waals surface area contributed by atoms with Crippen molar-refractivity contribution >= 4 is 28.8 Å². The number of aromatic nitrogens is 4. The van der Waals surface area contributed by atoms with Crippen LogP contribution in [0.3, 0.4) is 0 Å². The van der Waals surface area contributed by atoms with Gasteiger partial charge in [0, 0.05) is 44.1 Å². The van der Waals surface area contributed by atoms with Gasteiger partial charge in [-0.05, 0) is 74.8 Å². The number of nitrogens with one attached hydrogen (secondary N) is 1. The van der Waals surface area contributed by atoms with E-state index < -0.39 is 0 Å². The molecule has 4 heterocycles. The summed E-state index contributed by atoms with van der Waals surface area (Å²) >= 11 is 0. The Hall–Kier alpha value is -5.09. The number of carbonyl (C=O) groups is 2. The Morgan fingerprint density at radius 3 is 2.34 bits per heavy atom. The largest absolute Gasteiger partial charge is 0.397 e. The lowest BCUT2D eigenvalue weighted by molar-refractivity contribution is 0.0663. The molecule has 0 bridgehead atoms. The first-order chi connectivity index (χ1) is 21.3. The Kier molecular flexibility index (Phi) is 6.85. The highest BCUT2D eigenvalue weighted by molar-refractivity contribution is 6.05. The Bertz CT molecular complexity index is 1890. The number of piperazine rings is 1. The first kappa shape index (κ1) is 27.7. The van der Waals surface area contributed by atoms with Crippen molar-refractivity contribution in [1.29, 1.82) is 0 Å². The first-order valence-corrected chi connectivity index (χ1v) is 14.9. The fourth-order valence-corrected chi connectivity index (χ4v) is 6.02. The lowest BCUT2D eigenvalue weighted by atomic mass is 9.93. The summed E-state index contributed by atoms with van der Waals surface area (Å²) in [5.74, 6) is 0.552. The van der Waals surface area contributed by atoms with Crippen LogP contribution < -0.4 is 11.1 Å². The average molecular weight is 587 g/mol. The van der Waals surface area contributed by atoms with Crippen molar-refractivity contribution in [2.75, 3.05) is 44.3 Å². The van der Waals surface area contributed by atoms with Crippen LogP contribution in [0.2, 0.25) is 0 Å². The van der Waals surface area contributed by atoms with Gasteiger partial charge in [-0.1, -0.05) is 24.3 Å². The summed E-state index contributed by atoms with van der Waals surface area (Å²) in [5.41, 5.74) is 12.2. The van der Waals surface area contributed by atoms with Gasteiger partial charge in [0.05, 0.1) is 39.4 Å². The summed E-state index contributed by atoms with van der Waals surface area (Å²) in [6.07, 6.45) is 5.51. The highest BCUT2D eigenvalue weighted by Crippen LogP contribution is 2.52. The van der Waals surface area contributed by atoms with Crippen LogP contribution in [0.5, 0.6) is 0 Å². The van der Waals surface area contributed by atoms with Gasteiger partial charge in [0.2, 0.25) is 0 Å². The summed E-state index contributed by atoms with van der Waals surface area (Å²) in [6.45, 7) is 5.13. The molecule has 1 saturated heterocycles. The van der Waals surface area contributed by atoms with Crippen molar-refractivity contribution in [3.63, 3.8) is 0 Å². The molecule has 1 aliphatic heterocycles. The molecule has 44 heavy (non-hydrogen) atoms. The molecule has 0 unspecified atom stereocenters. The van der Waals surface area contributed by atoms with Crippen LogP contribution in [0.15, 0.2) is 79.1 Å². The van der Waals surface area contributed by atoms with E-state index in [9.17, 15) is 9.59 Å². The summed E-state index contributed by atoms with van der Waals surface area (Å²) < 4.78 is 1.97. The monoisotopic (exact) mass is 586 g/mol. The third kappa shape index (κ3) is 4.97. The highest BCUT2D eigenvalue weighted by Gasteiger charge is 2.48. The number of benzene rings is 2. The van der Waals surface area contributed by atoms with Gasteiger partial charge in [0.1, 0.15) is 11.5 Å². The number of amides is 2. The molecule has 5 aromatic rings. The number of nitrogens with zero attached hydrogens (tertiary/aromatic N) is 6. The molecule has 2 aliphatic rings. The number of carbonyl (C=O) groups excluding carboxylic acids is 2. The van der Waals surface area contributed by atoms with E-state index in [1.807, 2.05) is 77.0 Å². The lowest BCUT2D eigenvalue weighted by Crippen LogP contribution is -2.47. The number of imidazole rings is 1. The quantitative estimate of drug-likeness (QED) is 0.283. The molecule has 0 atom stereocenters. The molecule has 3 N–H and O–H groups in total. The van der Waals surface area contributed by atoms with Crippen molar-refractivity contribution in [2.45, 2.75) is 25.2 Å². The van der Waals surface area contributed by atoms with E-state index in [2.05, 4.69) is 17.3 Å². The van der Waals surface area contributed by atoms with Gasteiger partial charge in [-0.15, -0.1) is 0 Å². The van der Waals surface area contributed by atoms with Crippen LogP contribution in [0, 0.1) is 6.92 Å². The van der Waals surface area contributed by atoms with Gasteiger partial charge >= 0.3 is 0 Å². The second kappa shape index (κ2) is 10.9. The second-order valence-corrected chi connectivity index (χ2v) is 11.8. The molecule has 2 fully saturated rings. The van der Waals surface area contributed by atoms with Crippen LogP contribution in [0.25, 0.3) is 17.0 Å². The lowest BCUT2D eigenvalue weighted by Gasteiger charge is -2.32. The molecule has 222 valence electrons. The van der Waals surface area contributed by atoms with Crippen LogP contribution in [0.4, 0.5) is 11.4 Å². The number of nitrogens with two attached hydrogens (primary N) is 1. The predicted molar refractivity (Wildman–Crippen MR) is 170 cm³/mol. The molecule has 10 nitrogen and oxygen atoms in total. The molecule has 1 aliphatic carbocycles. The van der Waals surface area contributed by atoms with E-state index in [4.69, 9.17) is 20.7 Å². The molecular formula is C34H34N8O2. The standard InChI is InChI=1S/C34H34N8O2/c1-22-30(42-21-24(9-12-29(42)37-22)32(44)41-19-17-40(2)18-20-41)28-13-16-36-33(39-28)34(14-15-34)25-10-7-23(8-11-25)31(43)38-27-6-4-3-5-26(27)35/h3-13,16,21H,14-15,17-20,35H2,1-2H3,(H,38,43). The Morgan fingerprint density at radius 2 is 1.61 bits per heavy atom. The van der Waals surface area contributed by atoms with Crippen LogP contribution >= 0.6 is 0 Å². The van der Waals surface area contributed by atoms with E-state index in [-0.39, 0.29) is 17.2 Å². The van der Waals surface area contributed by atoms with E-state index in [1.165, 1.54) is 0 Å². The minimum atomic E-state index is -0.314. The van der Waals surface area contributed by atoms with Crippen molar-refractivity contribution in [3.8, 4) is 11.4 Å². The number of rotatable bonds is 6. The van der Waals surface area contributed by atoms with E-state index in [1.54, 1.807) is 18.3 Å². The van der Waals surface area contributed by atoms with Gasteiger partial charge in [0.25, 0.3) is 11.8 Å². The fourth-order valence-electron chi connectivity index (χ4n) is 6.02. The van der Waals surface area contributed by atoms with Gasteiger partial charge < -0.3 is 20.9 Å². The molecule has 0 spiro atoms. The Labute approximate surface area is 255 Å². The maximum atomic E-state index is 13.3. The number of pyridine rings is 1. The molecule has 0 radical (unpaired) electrons. The van der Waals surface area contributed by atoms with Crippen LogP contribution in [0.1, 0.15) is 50.6 Å². The Morgan fingerprint density at radius 1 is 0.886 bits per heavy atom. The van der Waals surface area contributed by atoms with Crippen molar-refractivity contribution < 1.29 is 9.59 Å². The smallest absolute Gasteiger partial charge is 0.255 e. The topological polar surface area (TPSA) is 122 Å². The minimum absolute atomic E-state index is 0.0296. The van der Waals surface area contributed by atoms with Crippen molar-refractivity contribution in [1.82, 2.24) is 29.2 Å². The number of likely N-dealkylation sites (N-methyl/N-ethyl adjacent to an activating group) is 1. The SMILES string of the molecule is Cc1nc2ccc(C(=O)N3CCN(C)CC3)cn2c1-c1ccnc(C2(c3ccc(C(=O)Nc4ccccc4N)cc3)CC2)n1.